The molecule has 146 valence electrons. The van der Waals surface area contributed by atoms with Crippen LogP contribution in [0.25, 0.3) is 0 Å². The Kier molecular flexibility index (Phi) is 4.26. The number of carbonyl (C=O) groups is 2. The number of ether oxygens (including phenoxy) is 2. The van der Waals surface area contributed by atoms with Crippen LogP contribution in [-0.4, -0.2) is 34.6 Å². The highest BCUT2D eigenvalue weighted by atomic mass is 19.1. The smallest absolute Gasteiger partial charge is 0.325 e. The van der Waals surface area contributed by atoms with Crippen LogP contribution in [0.2, 0.25) is 0 Å². The number of benzene rings is 1. The van der Waals surface area contributed by atoms with Gasteiger partial charge in [0, 0.05) is 12.8 Å². The zero-order valence-electron chi connectivity index (χ0n) is 15.4. The van der Waals surface area contributed by atoms with Crippen LogP contribution in [0.15, 0.2) is 30.6 Å². The summed E-state index contributed by atoms with van der Waals surface area (Å²) in [6.45, 7) is 1.78. The first-order valence-corrected chi connectivity index (χ1v) is 8.77. The number of carbonyl (C=O) groups excluding carboxylic acids is 2. The summed E-state index contributed by atoms with van der Waals surface area (Å²) < 4.78 is 23.7. The van der Waals surface area contributed by atoms with E-state index in [0.29, 0.717) is 36.3 Å². The highest BCUT2D eigenvalue weighted by Gasteiger charge is 2.72. The lowest BCUT2D eigenvalue weighted by atomic mass is 9.41. The number of rotatable bonds is 5. The van der Waals surface area contributed by atoms with Crippen molar-refractivity contribution < 1.29 is 23.5 Å². The van der Waals surface area contributed by atoms with Crippen LogP contribution >= 0.6 is 0 Å². The van der Waals surface area contributed by atoms with E-state index >= 15 is 0 Å². The molecule has 3 aliphatic carbocycles. The van der Waals surface area contributed by atoms with Crippen molar-refractivity contribution in [2.45, 2.75) is 31.8 Å². The highest BCUT2D eigenvalue weighted by Crippen LogP contribution is 2.68. The Balaban J connectivity index is 1.33. The minimum atomic E-state index is -0.587. The molecular formula is C19H19FN4O4. The number of urea groups is 1. The van der Waals surface area contributed by atoms with Crippen molar-refractivity contribution in [3.05, 3.63) is 42.0 Å². The number of amides is 3. The summed E-state index contributed by atoms with van der Waals surface area (Å²) in [6.07, 6.45) is 4.00. The molecule has 0 saturated heterocycles. The lowest BCUT2D eigenvalue weighted by Gasteiger charge is -2.67. The van der Waals surface area contributed by atoms with E-state index in [0.717, 1.165) is 12.4 Å². The Morgan fingerprint density at radius 1 is 1.18 bits per heavy atom. The molecule has 0 spiro atoms. The second-order valence-electron chi connectivity index (χ2n) is 7.37. The lowest BCUT2D eigenvalue weighted by Crippen LogP contribution is -2.73. The van der Waals surface area contributed by atoms with Crippen molar-refractivity contribution in [1.82, 2.24) is 15.3 Å². The summed E-state index contributed by atoms with van der Waals surface area (Å²) in [5, 5.41) is 5.03. The Morgan fingerprint density at radius 3 is 2.46 bits per heavy atom. The average molecular weight is 386 g/mol. The molecule has 1 heterocycles. The minimum absolute atomic E-state index is 0.0148. The molecule has 3 amide bonds. The van der Waals surface area contributed by atoms with Gasteiger partial charge in [-0.15, -0.1) is 0 Å². The number of nitrogens with one attached hydrogen (secondary N) is 2. The standard InChI is InChI=1S/C19H19FN4O4/c1-11-5-13(3-4-14(11)28-17-21-6-12(20)7-22-17)23-16(26)24-15(25)18-8-19(9-18,10-18)27-2/h3-7H,8-10H2,1-2H3,(H2,23,24,25,26). The lowest BCUT2D eigenvalue weighted by molar-refractivity contribution is -0.262. The zero-order valence-corrected chi connectivity index (χ0v) is 15.4. The predicted molar refractivity (Wildman–Crippen MR) is 96.4 cm³/mol. The Hall–Kier alpha value is -3.07. The van der Waals surface area contributed by atoms with Crippen LogP contribution in [0.4, 0.5) is 14.9 Å². The van der Waals surface area contributed by atoms with Gasteiger partial charge in [-0.05, 0) is 49.9 Å². The van der Waals surface area contributed by atoms with E-state index in [-0.39, 0.29) is 17.5 Å². The van der Waals surface area contributed by atoms with Crippen LogP contribution in [-0.2, 0) is 9.53 Å². The molecule has 5 rings (SSSR count). The number of aromatic nitrogens is 2. The monoisotopic (exact) mass is 386 g/mol. The molecule has 0 atom stereocenters. The van der Waals surface area contributed by atoms with Crippen molar-refractivity contribution in [1.29, 1.82) is 0 Å². The van der Waals surface area contributed by atoms with Gasteiger partial charge in [0.1, 0.15) is 5.75 Å². The quantitative estimate of drug-likeness (QED) is 0.819. The van der Waals surface area contributed by atoms with Gasteiger partial charge in [0.05, 0.1) is 23.4 Å². The van der Waals surface area contributed by atoms with E-state index in [1.165, 1.54) is 0 Å². The maximum absolute atomic E-state index is 12.9. The Morgan fingerprint density at radius 2 is 1.86 bits per heavy atom. The third kappa shape index (κ3) is 3.18. The number of aryl methyl sites for hydroxylation is 1. The molecule has 2 bridgehead atoms. The Bertz CT molecular complexity index is 928. The van der Waals surface area contributed by atoms with Crippen molar-refractivity contribution >= 4 is 17.6 Å². The Labute approximate surface area is 160 Å². The molecule has 0 radical (unpaired) electrons. The predicted octanol–water partition coefficient (Wildman–Crippen LogP) is 2.93. The number of hydrogen-bond donors (Lipinski definition) is 2. The minimum Gasteiger partial charge on any atom is -0.424 e. The molecule has 1 aromatic heterocycles. The van der Waals surface area contributed by atoms with Crippen LogP contribution in [0, 0.1) is 18.2 Å². The second-order valence-corrected chi connectivity index (χ2v) is 7.37. The molecule has 0 aliphatic heterocycles. The van der Waals surface area contributed by atoms with E-state index in [1.807, 2.05) is 0 Å². The third-order valence-corrected chi connectivity index (χ3v) is 5.35. The summed E-state index contributed by atoms with van der Waals surface area (Å²) in [7, 11) is 1.64. The van der Waals surface area contributed by atoms with Crippen LogP contribution in [0.1, 0.15) is 24.8 Å². The molecule has 1 aromatic carbocycles. The number of hydrogen-bond acceptors (Lipinski definition) is 6. The molecule has 3 fully saturated rings. The summed E-state index contributed by atoms with van der Waals surface area (Å²) in [5.74, 6) is -0.359. The van der Waals surface area contributed by atoms with E-state index in [1.54, 1.807) is 32.2 Å². The molecule has 9 heteroatoms. The summed E-state index contributed by atoms with van der Waals surface area (Å²) >= 11 is 0. The molecular weight excluding hydrogens is 367 g/mol. The number of imide groups is 1. The zero-order chi connectivity index (χ0) is 19.9. The normalized spacial score (nSPS) is 24.5. The topological polar surface area (TPSA) is 102 Å². The fraction of sp³-hybridized carbons (Fsp3) is 0.368. The van der Waals surface area contributed by atoms with E-state index < -0.39 is 17.3 Å². The van der Waals surface area contributed by atoms with Crippen molar-refractivity contribution in [2.75, 3.05) is 12.4 Å². The average Bonchev–Trinajstić information content (AvgIpc) is 2.57. The molecule has 8 nitrogen and oxygen atoms in total. The van der Waals surface area contributed by atoms with E-state index in [2.05, 4.69) is 20.6 Å². The maximum Gasteiger partial charge on any atom is 0.325 e. The van der Waals surface area contributed by atoms with Gasteiger partial charge in [0.15, 0.2) is 5.82 Å². The van der Waals surface area contributed by atoms with Gasteiger partial charge in [-0.2, -0.15) is 0 Å². The van der Waals surface area contributed by atoms with Gasteiger partial charge in [-0.25, -0.2) is 19.2 Å². The molecule has 3 aliphatic rings. The van der Waals surface area contributed by atoms with Gasteiger partial charge in [-0.1, -0.05) is 0 Å². The fourth-order valence-electron chi connectivity index (χ4n) is 3.84. The van der Waals surface area contributed by atoms with Gasteiger partial charge in [-0.3, -0.25) is 10.1 Å². The molecule has 2 aromatic rings. The molecule has 0 unspecified atom stereocenters. The van der Waals surface area contributed by atoms with Crippen LogP contribution in [0.5, 0.6) is 11.8 Å². The molecule has 3 saturated carbocycles. The summed E-state index contributed by atoms with van der Waals surface area (Å²) in [5.41, 5.74) is 0.588. The second kappa shape index (κ2) is 6.52. The summed E-state index contributed by atoms with van der Waals surface area (Å²) in [4.78, 5) is 31.9. The van der Waals surface area contributed by atoms with Gasteiger partial charge >= 0.3 is 12.0 Å². The number of methoxy groups -OCH3 is 1. The van der Waals surface area contributed by atoms with Crippen LogP contribution in [0.3, 0.4) is 0 Å². The third-order valence-electron chi connectivity index (χ3n) is 5.35. The van der Waals surface area contributed by atoms with E-state index in [9.17, 15) is 14.0 Å². The number of anilines is 1. The first kappa shape index (κ1) is 18.3. The van der Waals surface area contributed by atoms with Gasteiger partial charge < -0.3 is 14.8 Å². The van der Waals surface area contributed by atoms with E-state index in [4.69, 9.17) is 9.47 Å². The number of nitrogens with zero attached hydrogens (tertiary/aromatic N) is 2. The molecule has 2 N–H and O–H groups in total. The van der Waals surface area contributed by atoms with Gasteiger partial charge in [0.25, 0.3) is 0 Å². The van der Waals surface area contributed by atoms with Crippen molar-refractivity contribution in [2.24, 2.45) is 5.41 Å². The molecule has 28 heavy (non-hydrogen) atoms. The van der Waals surface area contributed by atoms with Crippen molar-refractivity contribution in [3.8, 4) is 11.8 Å². The highest BCUT2D eigenvalue weighted by molar-refractivity contribution is 6.04. The SMILES string of the molecule is COC12CC(C(=O)NC(=O)Nc3ccc(Oc4ncc(F)cn4)c(C)c3)(C1)C2. The van der Waals surface area contributed by atoms with Gasteiger partial charge in [0.2, 0.25) is 5.91 Å². The fourth-order valence-corrected chi connectivity index (χ4v) is 3.84. The first-order valence-electron chi connectivity index (χ1n) is 8.77. The largest absolute Gasteiger partial charge is 0.424 e. The first-order chi connectivity index (χ1) is 13.3. The van der Waals surface area contributed by atoms with Crippen LogP contribution < -0.4 is 15.4 Å². The number of halogens is 1. The maximum atomic E-state index is 12.9. The van der Waals surface area contributed by atoms with Crippen molar-refractivity contribution in [3.63, 3.8) is 0 Å². The summed E-state index contributed by atoms with van der Waals surface area (Å²) in [6, 6.07) is 4.36.